The second-order valence-electron chi connectivity index (χ2n) is 3.61. The van der Waals surface area contributed by atoms with Gasteiger partial charge in [0.15, 0.2) is 0 Å². The Kier molecular flexibility index (Phi) is 3.58. The Bertz CT molecular complexity index is 502. The van der Waals surface area contributed by atoms with E-state index < -0.39 is 0 Å². The van der Waals surface area contributed by atoms with E-state index in [1.54, 1.807) is 17.9 Å². The first-order valence-electron chi connectivity index (χ1n) is 5.18. The lowest BCUT2D eigenvalue weighted by Crippen LogP contribution is -2.17. The van der Waals surface area contributed by atoms with Crippen LogP contribution in [0.3, 0.4) is 0 Å². The first kappa shape index (κ1) is 11.9. The highest BCUT2D eigenvalue weighted by Gasteiger charge is 2.14. The molecule has 0 radical (unpaired) electrons. The predicted molar refractivity (Wildman–Crippen MR) is 70.2 cm³/mol. The molecule has 0 bridgehead atoms. The molecule has 0 spiro atoms. The summed E-state index contributed by atoms with van der Waals surface area (Å²) in [5.41, 5.74) is 1.51. The van der Waals surface area contributed by atoms with Gasteiger partial charge in [0.05, 0.1) is 17.2 Å². The normalized spacial score (nSPS) is 10.2. The van der Waals surface area contributed by atoms with E-state index in [1.807, 2.05) is 30.3 Å². The SMILES string of the molecule is Cn1ncc(Br)c1C(=O)CNc1ccccc1. The molecule has 0 saturated carbocycles. The van der Waals surface area contributed by atoms with Gasteiger partial charge in [0.2, 0.25) is 5.78 Å². The van der Waals surface area contributed by atoms with E-state index in [2.05, 4.69) is 26.3 Å². The summed E-state index contributed by atoms with van der Waals surface area (Å²) in [4.78, 5) is 12.0. The lowest BCUT2D eigenvalue weighted by molar-refractivity contribution is 0.0996. The van der Waals surface area contributed by atoms with E-state index >= 15 is 0 Å². The van der Waals surface area contributed by atoms with Crippen LogP contribution in [0.25, 0.3) is 0 Å². The van der Waals surface area contributed by atoms with Crippen molar-refractivity contribution in [3.63, 3.8) is 0 Å². The molecule has 0 saturated heterocycles. The third-order valence-electron chi connectivity index (χ3n) is 2.39. The van der Waals surface area contributed by atoms with Gasteiger partial charge in [-0.25, -0.2) is 0 Å². The minimum atomic E-state index is 0.000674. The highest BCUT2D eigenvalue weighted by molar-refractivity contribution is 9.10. The quantitative estimate of drug-likeness (QED) is 0.881. The van der Waals surface area contributed by atoms with Crippen LogP contribution in [0.4, 0.5) is 5.69 Å². The van der Waals surface area contributed by atoms with Gasteiger partial charge in [-0.3, -0.25) is 9.48 Å². The standard InChI is InChI=1S/C12H12BrN3O/c1-16-12(10(13)7-15-16)11(17)8-14-9-5-3-2-4-6-9/h2-7,14H,8H2,1H3. The number of halogens is 1. The van der Waals surface area contributed by atoms with Gasteiger partial charge in [0, 0.05) is 12.7 Å². The van der Waals surface area contributed by atoms with Crippen molar-refractivity contribution in [1.82, 2.24) is 9.78 Å². The average Bonchev–Trinajstić information content (AvgIpc) is 2.67. The molecule has 5 heteroatoms. The van der Waals surface area contributed by atoms with Crippen molar-refractivity contribution in [3.8, 4) is 0 Å². The van der Waals surface area contributed by atoms with E-state index in [-0.39, 0.29) is 12.3 Å². The minimum absolute atomic E-state index is 0.000674. The van der Waals surface area contributed by atoms with Gasteiger partial charge >= 0.3 is 0 Å². The predicted octanol–water partition coefficient (Wildman–Crippen LogP) is 2.48. The maximum Gasteiger partial charge on any atom is 0.200 e. The van der Waals surface area contributed by atoms with Crippen molar-refractivity contribution in [2.75, 3.05) is 11.9 Å². The van der Waals surface area contributed by atoms with E-state index in [4.69, 9.17) is 0 Å². The smallest absolute Gasteiger partial charge is 0.200 e. The minimum Gasteiger partial charge on any atom is -0.378 e. The Morgan fingerprint density at radius 3 is 2.71 bits per heavy atom. The number of carbonyl (C=O) groups is 1. The number of carbonyl (C=O) groups excluding carboxylic acids is 1. The summed E-state index contributed by atoms with van der Waals surface area (Å²) in [5.74, 6) is 0.000674. The molecule has 2 rings (SSSR count). The fourth-order valence-electron chi connectivity index (χ4n) is 1.55. The maximum absolute atomic E-state index is 12.0. The third kappa shape index (κ3) is 2.74. The molecular formula is C12H12BrN3O. The summed E-state index contributed by atoms with van der Waals surface area (Å²) in [6.07, 6.45) is 1.62. The average molecular weight is 294 g/mol. The first-order valence-corrected chi connectivity index (χ1v) is 5.97. The van der Waals surface area contributed by atoms with Crippen molar-refractivity contribution in [1.29, 1.82) is 0 Å². The number of anilines is 1. The Hall–Kier alpha value is -1.62. The van der Waals surface area contributed by atoms with Crippen molar-refractivity contribution < 1.29 is 4.79 Å². The van der Waals surface area contributed by atoms with Gasteiger partial charge in [0.25, 0.3) is 0 Å². The van der Waals surface area contributed by atoms with E-state index in [0.717, 1.165) is 10.2 Å². The number of aryl methyl sites for hydroxylation is 1. The van der Waals surface area contributed by atoms with Crippen LogP contribution in [-0.4, -0.2) is 22.1 Å². The van der Waals surface area contributed by atoms with Crippen molar-refractivity contribution >= 4 is 27.4 Å². The molecule has 0 atom stereocenters. The van der Waals surface area contributed by atoms with E-state index in [9.17, 15) is 4.79 Å². The number of nitrogens with zero attached hydrogens (tertiary/aromatic N) is 2. The van der Waals surface area contributed by atoms with Gasteiger partial charge in [-0.2, -0.15) is 5.10 Å². The summed E-state index contributed by atoms with van der Waals surface area (Å²) in [7, 11) is 1.75. The molecular weight excluding hydrogens is 282 g/mol. The second kappa shape index (κ2) is 5.14. The zero-order chi connectivity index (χ0) is 12.3. The molecule has 0 amide bonds. The fraction of sp³-hybridized carbons (Fsp3) is 0.167. The lowest BCUT2D eigenvalue weighted by Gasteiger charge is -2.06. The molecule has 17 heavy (non-hydrogen) atoms. The molecule has 0 aliphatic carbocycles. The molecule has 88 valence electrons. The van der Waals surface area contributed by atoms with Gasteiger partial charge in [-0.05, 0) is 28.1 Å². The number of para-hydroxylation sites is 1. The fourth-order valence-corrected chi connectivity index (χ4v) is 2.12. The van der Waals surface area contributed by atoms with E-state index in [0.29, 0.717) is 5.69 Å². The van der Waals surface area contributed by atoms with Crippen LogP contribution in [0, 0.1) is 0 Å². The van der Waals surface area contributed by atoms with Crippen molar-refractivity contribution in [3.05, 3.63) is 46.7 Å². The van der Waals surface area contributed by atoms with Crippen LogP contribution in [0.15, 0.2) is 41.0 Å². The van der Waals surface area contributed by atoms with Gasteiger partial charge in [-0.15, -0.1) is 0 Å². The zero-order valence-corrected chi connectivity index (χ0v) is 10.9. The molecule has 0 fully saturated rings. The summed E-state index contributed by atoms with van der Waals surface area (Å²) < 4.78 is 2.29. The number of aromatic nitrogens is 2. The summed E-state index contributed by atoms with van der Waals surface area (Å²) in [6.45, 7) is 0.252. The Morgan fingerprint density at radius 2 is 2.12 bits per heavy atom. The van der Waals surface area contributed by atoms with Crippen LogP contribution in [-0.2, 0) is 7.05 Å². The molecule has 0 aliphatic heterocycles. The first-order chi connectivity index (χ1) is 8.18. The Balaban J connectivity index is 2.04. The maximum atomic E-state index is 12.0. The molecule has 1 aromatic heterocycles. The monoisotopic (exact) mass is 293 g/mol. The number of nitrogens with one attached hydrogen (secondary N) is 1. The molecule has 1 N–H and O–H groups in total. The van der Waals surface area contributed by atoms with Crippen molar-refractivity contribution in [2.45, 2.75) is 0 Å². The molecule has 0 aliphatic rings. The number of hydrogen-bond donors (Lipinski definition) is 1. The topological polar surface area (TPSA) is 46.9 Å². The largest absolute Gasteiger partial charge is 0.378 e. The van der Waals surface area contributed by atoms with Gasteiger partial charge < -0.3 is 5.32 Å². The van der Waals surface area contributed by atoms with E-state index in [1.165, 1.54) is 0 Å². The van der Waals surface area contributed by atoms with Crippen LogP contribution in [0.5, 0.6) is 0 Å². The van der Waals surface area contributed by atoms with Crippen LogP contribution in [0.1, 0.15) is 10.5 Å². The van der Waals surface area contributed by atoms with Crippen LogP contribution >= 0.6 is 15.9 Å². The van der Waals surface area contributed by atoms with Gasteiger partial charge in [0.1, 0.15) is 5.69 Å². The summed E-state index contributed by atoms with van der Waals surface area (Å²) in [6, 6.07) is 9.63. The molecule has 1 aromatic carbocycles. The molecule has 0 unspecified atom stereocenters. The molecule has 4 nitrogen and oxygen atoms in total. The van der Waals surface area contributed by atoms with Crippen molar-refractivity contribution in [2.24, 2.45) is 7.05 Å². The highest BCUT2D eigenvalue weighted by Crippen LogP contribution is 2.15. The lowest BCUT2D eigenvalue weighted by atomic mass is 10.2. The summed E-state index contributed by atoms with van der Waals surface area (Å²) >= 11 is 3.31. The number of benzene rings is 1. The second-order valence-corrected chi connectivity index (χ2v) is 4.46. The molecule has 2 aromatic rings. The number of Topliss-reactive ketones (excluding diaryl/α,β-unsaturated/α-hetero) is 1. The zero-order valence-electron chi connectivity index (χ0n) is 9.35. The Labute approximate surface area is 108 Å². The van der Waals surface area contributed by atoms with Crippen LogP contribution < -0.4 is 5.32 Å². The Morgan fingerprint density at radius 1 is 1.41 bits per heavy atom. The van der Waals surface area contributed by atoms with Crippen LogP contribution in [0.2, 0.25) is 0 Å². The number of ketones is 1. The number of hydrogen-bond acceptors (Lipinski definition) is 3. The highest BCUT2D eigenvalue weighted by atomic mass is 79.9. The van der Waals surface area contributed by atoms with Gasteiger partial charge in [-0.1, -0.05) is 18.2 Å². The molecule has 1 heterocycles. The summed E-state index contributed by atoms with van der Waals surface area (Å²) in [5, 5.41) is 7.09. The number of rotatable bonds is 4. The third-order valence-corrected chi connectivity index (χ3v) is 2.97.